The van der Waals surface area contributed by atoms with Crippen LogP contribution in [0, 0.1) is 17.5 Å². The van der Waals surface area contributed by atoms with Crippen LogP contribution in [0.2, 0.25) is 0 Å². The monoisotopic (exact) mass is 255 g/mol. The van der Waals surface area contributed by atoms with E-state index in [4.69, 9.17) is 0 Å². The molecule has 0 amide bonds. The average Bonchev–Trinajstić information content (AvgIpc) is 2.72. The number of aromatic nitrogens is 3. The Bertz CT molecular complexity index is 610. The molecule has 4 nitrogen and oxygen atoms in total. The standard InChI is InChI=1S/C11H8F3N3O/c1-17-9(15-5-16-17)4-8(18)6-2-3-7(12)11(14)10(6)13/h2-3,5H,4H2,1H3. The number of nitrogens with zero attached hydrogens (tertiary/aromatic N) is 3. The highest BCUT2D eigenvalue weighted by Crippen LogP contribution is 2.16. The molecule has 0 saturated heterocycles. The van der Waals surface area contributed by atoms with Gasteiger partial charge in [0.2, 0.25) is 0 Å². The minimum absolute atomic E-state index is 0.238. The number of aryl methyl sites for hydroxylation is 1. The van der Waals surface area contributed by atoms with Crippen molar-refractivity contribution in [1.82, 2.24) is 14.8 Å². The van der Waals surface area contributed by atoms with Crippen molar-refractivity contribution in [2.24, 2.45) is 7.05 Å². The molecule has 1 heterocycles. The van der Waals surface area contributed by atoms with Crippen molar-refractivity contribution in [3.63, 3.8) is 0 Å². The number of rotatable bonds is 3. The van der Waals surface area contributed by atoms with E-state index in [-0.39, 0.29) is 6.42 Å². The first-order chi connectivity index (χ1) is 8.50. The first-order valence-electron chi connectivity index (χ1n) is 5.00. The van der Waals surface area contributed by atoms with Crippen LogP contribution in [0.4, 0.5) is 13.2 Å². The van der Waals surface area contributed by atoms with Gasteiger partial charge in [-0.25, -0.2) is 18.2 Å². The normalized spacial score (nSPS) is 10.7. The van der Waals surface area contributed by atoms with Crippen molar-refractivity contribution < 1.29 is 18.0 Å². The van der Waals surface area contributed by atoms with Gasteiger partial charge in [-0.2, -0.15) is 5.10 Å². The van der Waals surface area contributed by atoms with Crippen LogP contribution in [0.3, 0.4) is 0 Å². The van der Waals surface area contributed by atoms with E-state index >= 15 is 0 Å². The lowest BCUT2D eigenvalue weighted by Crippen LogP contribution is -2.12. The third-order valence-electron chi connectivity index (χ3n) is 2.46. The van der Waals surface area contributed by atoms with Gasteiger partial charge in [-0.3, -0.25) is 9.48 Å². The van der Waals surface area contributed by atoms with Crippen LogP contribution in [0.1, 0.15) is 16.2 Å². The highest BCUT2D eigenvalue weighted by molar-refractivity contribution is 5.97. The smallest absolute Gasteiger partial charge is 0.195 e. The van der Waals surface area contributed by atoms with E-state index in [1.54, 1.807) is 7.05 Å². The molecule has 0 bridgehead atoms. The summed E-state index contributed by atoms with van der Waals surface area (Å²) in [5.41, 5.74) is -0.503. The van der Waals surface area contributed by atoms with Gasteiger partial charge in [0.25, 0.3) is 0 Å². The predicted octanol–water partition coefficient (Wildman–Crippen LogP) is 1.66. The summed E-state index contributed by atoms with van der Waals surface area (Å²) < 4.78 is 40.4. The highest BCUT2D eigenvalue weighted by Gasteiger charge is 2.20. The number of hydrogen-bond donors (Lipinski definition) is 0. The molecule has 0 radical (unpaired) electrons. The fourth-order valence-electron chi connectivity index (χ4n) is 1.46. The predicted molar refractivity (Wildman–Crippen MR) is 55.4 cm³/mol. The molecule has 1 aromatic carbocycles. The quantitative estimate of drug-likeness (QED) is 0.619. The van der Waals surface area contributed by atoms with Gasteiger partial charge in [0, 0.05) is 7.05 Å². The number of halogens is 3. The Labute approximate surface area is 100 Å². The second kappa shape index (κ2) is 4.59. The third-order valence-corrected chi connectivity index (χ3v) is 2.46. The zero-order valence-corrected chi connectivity index (χ0v) is 9.32. The molecule has 1 aromatic heterocycles. The summed E-state index contributed by atoms with van der Waals surface area (Å²) >= 11 is 0. The Balaban J connectivity index is 2.30. The van der Waals surface area contributed by atoms with E-state index in [1.807, 2.05) is 0 Å². The lowest BCUT2D eigenvalue weighted by atomic mass is 10.1. The van der Waals surface area contributed by atoms with Crippen LogP contribution >= 0.6 is 0 Å². The fraction of sp³-hybridized carbons (Fsp3) is 0.182. The summed E-state index contributed by atoms with van der Waals surface area (Å²) in [5.74, 6) is -4.85. The number of ketones is 1. The third kappa shape index (κ3) is 2.11. The van der Waals surface area contributed by atoms with Crippen molar-refractivity contribution in [2.45, 2.75) is 6.42 Å². The van der Waals surface area contributed by atoms with Crippen LogP contribution in [-0.2, 0) is 13.5 Å². The van der Waals surface area contributed by atoms with Crippen molar-refractivity contribution in [1.29, 1.82) is 0 Å². The van der Waals surface area contributed by atoms with Crippen molar-refractivity contribution in [2.75, 3.05) is 0 Å². The molecule has 0 unspecified atom stereocenters. The minimum Gasteiger partial charge on any atom is -0.294 e. The van der Waals surface area contributed by atoms with Gasteiger partial charge in [-0.05, 0) is 12.1 Å². The van der Waals surface area contributed by atoms with E-state index in [0.29, 0.717) is 11.9 Å². The van der Waals surface area contributed by atoms with Crippen LogP contribution in [0.5, 0.6) is 0 Å². The molecule has 0 N–H and O–H groups in total. The molecule has 0 fully saturated rings. The summed E-state index contributed by atoms with van der Waals surface area (Å²) in [5, 5.41) is 3.74. The lowest BCUT2D eigenvalue weighted by molar-refractivity contribution is 0.0984. The van der Waals surface area contributed by atoms with Crippen LogP contribution in [-0.4, -0.2) is 20.5 Å². The maximum absolute atomic E-state index is 13.4. The fourth-order valence-corrected chi connectivity index (χ4v) is 1.46. The molecular weight excluding hydrogens is 247 g/mol. The topological polar surface area (TPSA) is 47.8 Å². The van der Waals surface area contributed by atoms with Gasteiger partial charge in [0.05, 0.1) is 12.0 Å². The van der Waals surface area contributed by atoms with Gasteiger partial charge >= 0.3 is 0 Å². The second-order valence-electron chi connectivity index (χ2n) is 3.62. The van der Waals surface area contributed by atoms with Gasteiger partial charge in [0.1, 0.15) is 12.2 Å². The minimum atomic E-state index is -1.65. The first-order valence-corrected chi connectivity index (χ1v) is 5.00. The van der Waals surface area contributed by atoms with Crippen molar-refractivity contribution >= 4 is 5.78 Å². The Kier molecular flexibility index (Phi) is 3.14. The average molecular weight is 255 g/mol. The Morgan fingerprint density at radius 3 is 2.61 bits per heavy atom. The number of benzene rings is 1. The molecule has 2 aromatic rings. The van der Waals surface area contributed by atoms with Crippen molar-refractivity contribution in [3.8, 4) is 0 Å². The maximum atomic E-state index is 13.4. The van der Waals surface area contributed by atoms with E-state index in [1.165, 1.54) is 11.0 Å². The Morgan fingerprint density at radius 2 is 2.00 bits per heavy atom. The van der Waals surface area contributed by atoms with E-state index < -0.39 is 28.8 Å². The highest BCUT2D eigenvalue weighted by atomic mass is 19.2. The van der Waals surface area contributed by atoms with Crippen LogP contribution in [0.25, 0.3) is 0 Å². The first kappa shape index (κ1) is 12.3. The lowest BCUT2D eigenvalue weighted by Gasteiger charge is -2.03. The zero-order valence-electron chi connectivity index (χ0n) is 9.32. The molecule has 0 aliphatic heterocycles. The van der Waals surface area contributed by atoms with Gasteiger partial charge in [-0.15, -0.1) is 0 Å². The SMILES string of the molecule is Cn1ncnc1CC(=O)c1ccc(F)c(F)c1F. The summed E-state index contributed by atoms with van der Waals surface area (Å²) in [7, 11) is 1.57. The summed E-state index contributed by atoms with van der Waals surface area (Å²) in [6.07, 6.45) is 1.00. The molecule has 18 heavy (non-hydrogen) atoms. The van der Waals surface area contributed by atoms with Crippen molar-refractivity contribution in [3.05, 3.63) is 47.3 Å². The molecule has 0 atom stereocenters. The molecule has 2 rings (SSSR count). The molecular formula is C11H8F3N3O. The molecule has 0 spiro atoms. The van der Waals surface area contributed by atoms with E-state index in [2.05, 4.69) is 10.1 Å². The molecule has 0 aliphatic rings. The molecule has 94 valence electrons. The molecule has 0 aliphatic carbocycles. The van der Waals surface area contributed by atoms with E-state index in [9.17, 15) is 18.0 Å². The van der Waals surface area contributed by atoms with Gasteiger partial charge in [-0.1, -0.05) is 0 Å². The number of hydrogen-bond acceptors (Lipinski definition) is 3. The van der Waals surface area contributed by atoms with Crippen LogP contribution in [0.15, 0.2) is 18.5 Å². The molecule has 7 heteroatoms. The maximum Gasteiger partial charge on any atom is 0.195 e. The number of carbonyl (C=O) groups is 1. The largest absolute Gasteiger partial charge is 0.294 e. The number of carbonyl (C=O) groups excluding carboxylic acids is 1. The van der Waals surface area contributed by atoms with Gasteiger partial charge in [0.15, 0.2) is 23.2 Å². The summed E-state index contributed by atoms with van der Waals surface area (Å²) in [6, 6.07) is 1.62. The molecule has 0 saturated carbocycles. The van der Waals surface area contributed by atoms with Crippen LogP contribution < -0.4 is 0 Å². The Morgan fingerprint density at radius 1 is 1.28 bits per heavy atom. The summed E-state index contributed by atoms with van der Waals surface area (Å²) in [6.45, 7) is 0. The van der Waals surface area contributed by atoms with E-state index in [0.717, 1.165) is 6.07 Å². The van der Waals surface area contributed by atoms with Gasteiger partial charge < -0.3 is 0 Å². The zero-order chi connectivity index (χ0) is 13.3. The Hall–Kier alpha value is -2.18. The summed E-state index contributed by atoms with van der Waals surface area (Å²) in [4.78, 5) is 15.5. The number of Topliss-reactive ketones (excluding diaryl/α,β-unsaturated/α-hetero) is 1. The second-order valence-corrected chi connectivity index (χ2v) is 3.62.